The van der Waals surface area contributed by atoms with Crippen LogP contribution in [0.5, 0.6) is 17.2 Å². The Hall–Kier alpha value is -2.54. The summed E-state index contributed by atoms with van der Waals surface area (Å²) in [4.78, 5) is 12.6. The minimum Gasteiger partial charge on any atom is -0.493 e. The van der Waals surface area contributed by atoms with E-state index in [1.807, 2.05) is 13.0 Å². The number of fused-ring (bicyclic) bond motifs is 1. The first-order chi connectivity index (χ1) is 12.8. The smallest absolute Gasteiger partial charge is 0.203 e. The van der Waals surface area contributed by atoms with Crippen molar-refractivity contribution in [3.63, 3.8) is 0 Å². The van der Waals surface area contributed by atoms with Gasteiger partial charge in [-0.3, -0.25) is 9.89 Å². The number of hydrogen-bond donors (Lipinski definition) is 2. The number of aromatic nitrogens is 2. The zero-order valence-corrected chi connectivity index (χ0v) is 16.5. The van der Waals surface area contributed by atoms with E-state index in [1.165, 1.54) is 14.0 Å². The predicted octanol–water partition coefficient (Wildman–Crippen LogP) is 2.39. The van der Waals surface area contributed by atoms with Crippen LogP contribution in [0.3, 0.4) is 0 Å². The highest BCUT2D eigenvalue weighted by Gasteiger charge is 2.49. The van der Waals surface area contributed by atoms with Gasteiger partial charge in [-0.1, -0.05) is 6.07 Å². The van der Waals surface area contributed by atoms with Gasteiger partial charge < -0.3 is 19.3 Å². The third kappa shape index (κ3) is 2.96. The number of methoxy groups -OCH3 is 3. The van der Waals surface area contributed by atoms with E-state index in [2.05, 4.69) is 10.2 Å². The maximum absolute atomic E-state index is 12.6. The third-order valence-electron chi connectivity index (χ3n) is 5.42. The van der Waals surface area contributed by atoms with Crippen LogP contribution in [0, 0.1) is 12.8 Å². The van der Waals surface area contributed by atoms with Crippen LogP contribution in [0.1, 0.15) is 42.3 Å². The van der Waals surface area contributed by atoms with Crippen molar-refractivity contribution < 1.29 is 24.1 Å². The number of nitrogens with zero attached hydrogens (tertiary/aromatic N) is 1. The molecule has 0 spiro atoms. The number of ether oxygens (including phenoxy) is 3. The molecule has 3 atom stereocenters. The zero-order chi connectivity index (χ0) is 19.9. The summed E-state index contributed by atoms with van der Waals surface area (Å²) in [5, 5.41) is 18.5. The topological polar surface area (TPSA) is 93.7 Å². The molecular weight excluding hydrogens is 348 g/mol. The van der Waals surface area contributed by atoms with E-state index in [0.717, 1.165) is 22.5 Å². The molecule has 27 heavy (non-hydrogen) atoms. The molecule has 2 N–H and O–H groups in total. The summed E-state index contributed by atoms with van der Waals surface area (Å²) >= 11 is 0. The first kappa shape index (κ1) is 19.2. The van der Waals surface area contributed by atoms with Gasteiger partial charge in [-0.05, 0) is 26.8 Å². The molecule has 1 aromatic carbocycles. The standard InChI is InChI=1S/C20H26N2O5/c1-10-15-13(22-21-10)9-20(3,24)17(11(2)23)16(15)12-7-8-14(25-4)19(27-6)18(12)26-5/h7-8,16-17,24H,9H2,1-6H3,(H,21,22). The number of ketones is 1. The second-order valence-electron chi connectivity index (χ2n) is 7.23. The number of nitrogens with one attached hydrogen (secondary N) is 1. The molecule has 0 bridgehead atoms. The van der Waals surface area contributed by atoms with Crippen molar-refractivity contribution in [3.8, 4) is 17.2 Å². The highest BCUT2D eigenvalue weighted by atomic mass is 16.5. The molecule has 0 aliphatic heterocycles. The lowest BCUT2D eigenvalue weighted by molar-refractivity contribution is -0.130. The molecule has 0 amide bonds. The average Bonchev–Trinajstić information content (AvgIpc) is 2.97. The molecule has 7 heteroatoms. The van der Waals surface area contributed by atoms with E-state index in [0.29, 0.717) is 23.7 Å². The first-order valence-electron chi connectivity index (χ1n) is 8.82. The Bertz CT molecular complexity index is 871. The number of Topliss-reactive ketones (excluding diaryl/α,β-unsaturated/α-hetero) is 1. The van der Waals surface area contributed by atoms with Crippen LogP contribution in [0.4, 0.5) is 0 Å². The van der Waals surface area contributed by atoms with E-state index in [-0.39, 0.29) is 5.78 Å². The SMILES string of the molecule is COc1ccc(C2c3c(n[nH]c3C)CC(C)(O)C2C(C)=O)c(OC)c1OC. The Morgan fingerprint density at radius 3 is 2.44 bits per heavy atom. The highest BCUT2D eigenvalue weighted by Crippen LogP contribution is 2.52. The van der Waals surface area contributed by atoms with Gasteiger partial charge in [-0.25, -0.2) is 0 Å². The van der Waals surface area contributed by atoms with Crippen molar-refractivity contribution >= 4 is 5.78 Å². The monoisotopic (exact) mass is 374 g/mol. The second kappa shape index (κ2) is 6.88. The summed E-state index contributed by atoms with van der Waals surface area (Å²) in [5.74, 6) is 0.311. The number of benzene rings is 1. The molecule has 2 aromatic rings. The Morgan fingerprint density at radius 1 is 1.22 bits per heavy atom. The minimum atomic E-state index is -1.23. The quantitative estimate of drug-likeness (QED) is 0.835. The molecule has 1 aromatic heterocycles. The highest BCUT2D eigenvalue weighted by molar-refractivity contribution is 5.82. The van der Waals surface area contributed by atoms with Gasteiger partial charge in [0.25, 0.3) is 0 Å². The van der Waals surface area contributed by atoms with Gasteiger partial charge in [0.05, 0.1) is 38.5 Å². The van der Waals surface area contributed by atoms with Crippen LogP contribution in [-0.4, -0.2) is 48.0 Å². The zero-order valence-electron chi connectivity index (χ0n) is 16.5. The fourth-order valence-electron chi connectivity index (χ4n) is 4.39. The number of H-pyrrole nitrogens is 1. The second-order valence-corrected chi connectivity index (χ2v) is 7.23. The number of aryl methyl sites for hydroxylation is 1. The van der Waals surface area contributed by atoms with E-state index in [4.69, 9.17) is 14.2 Å². The van der Waals surface area contributed by atoms with Gasteiger partial charge >= 0.3 is 0 Å². The van der Waals surface area contributed by atoms with Crippen molar-refractivity contribution in [2.24, 2.45) is 5.92 Å². The van der Waals surface area contributed by atoms with Gasteiger partial charge in [0.1, 0.15) is 5.78 Å². The summed E-state index contributed by atoms with van der Waals surface area (Å²) in [7, 11) is 4.64. The number of aromatic amines is 1. The third-order valence-corrected chi connectivity index (χ3v) is 5.42. The lowest BCUT2D eigenvalue weighted by Gasteiger charge is -2.41. The molecule has 7 nitrogen and oxygen atoms in total. The van der Waals surface area contributed by atoms with Crippen LogP contribution in [0.2, 0.25) is 0 Å². The van der Waals surface area contributed by atoms with Crippen LogP contribution >= 0.6 is 0 Å². The van der Waals surface area contributed by atoms with Crippen molar-refractivity contribution in [1.82, 2.24) is 10.2 Å². The summed E-state index contributed by atoms with van der Waals surface area (Å²) < 4.78 is 16.6. The number of rotatable bonds is 5. The van der Waals surface area contributed by atoms with Crippen molar-refractivity contribution in [2.75, 3.05) is 21.3 Å². The largest absolute Gasteiger partial charge is 0.493 e. The van der Waals surface area contributed by atoms with Crippen molar-refractivity contribution in [2.45, 2.75) is 38.7 Å². The Balaban J connectivity index is 2.33. The van der Waals surface area contributed by atoms with Gasteiger partial charge in [0, 0.05) is 29.2 Å². The molecule has 0 radical (unpaired) electrons. The Morgan fingerprint density at radius 2 is 1.89 bits per heavy atom. The molecule has 3 rings (SSSR count). The normalized spacial score (nSPS) is 24.3. The maximum atomic E-state index is 12.6. The molecule has 0 saturated carbocycles. The molecule has 3 unspecified atom stereocenters. The van der Waals surface area contributed by atoms with Crippen LogP contribution in [0.25, 0.3) is 0 Å². The average molecular weight is 374 g/mol. The first-order valence-corrected chi connectivity index (χ1v) is 8.82. The summed E-state index contributed by atoms with van der Waals surface area (Å²) in [5.41, 5.74) is 2.07. The number of aliphatic hydroxyl groups is 1. The Labute approximate surface area is 158 Å². The predicted molar refractivity (Wildman–Crippen MR) is 99.8 cm³/mol. The molecule has 1 aliphatic rings. The number of hydrogen-bond acceptors (Lipinski definition) is 6. The van der Waals surface area contributed by atoms with Gasteiger partial charge in [-0.2, -0.15) is 5.10 Å². The molecule has 1 aliphatic carbocycles. The van der Waals surface area contributed by atoms with Crippen molar-refractivity contribution in [3.05, 3.63) is 34.6 Å². The fraction of sp³-hybridized carbons (Fsp3) is 0.500. The van der Waals surface area contributed by atoms with E-state index in [1.54, 1.807) is 27.2 Å². The van der Waals surface area contributed by atoms with Gasteiger partial charge in [0.15, 0.2) is 11.5 Å². The van der Waals surface area contributed by atoms with Crippen LogP contribution in [-0.2, 0) is 11.2 Å². The summed E-state index contributed by atoms with van der Waals surface area (Å²) in [6.07, 6.45) is 0.309. The lowest BCUT2D eigenvalue weighted by Crippen LogP contribution is -2.48. The Kier molecular flexibility index (Phi) is 4.90. The molecule has 0 fully saturated rings. The van der Waals surface area contributed by atoms with Crippen LogP contribution < -0.4 is 14.2 Å². The summed E-state index contributed by atoms with van der Waals surface area (Å²) in [6.45, 7) is 5.12. The molecule has 0 saturated heterocycles. The van der Waals surface area contributed by atoms with Crippen molar-refractivity contribution in [1.29, 1.82) is 0 Å². The van der Waals surface area contributed by atoms with E-state index >= 15 is 0 Å². The minimum absolute atomic E-state index is 0.0897. The van der Waals surface area contributed by atoms with E-state index in [9.17, 15) is 9.90 Å². The van der Waals surface area contributed by atoms with Gasteiger partial charge in [-0.15, -0.1) is 0 Å². The van der Waals surface area contributed by atoms with Crippen LogP contribution in [0.15, 0.2) is 12.1 Å². The van der Waals surface area contributed by atoms with Gasteiger partial charge in [0.2, 0.25) is 5.75 Å². The fourth-order valence-corrected chi connectivity index (χ4v) is 4.39. The summed E-state index contributed by atoms with van der Waals surface area (Å²) in [6, 6.07) is 3.64. The number of carbonyl (C=O) groups excluding carboxylic acids is 1. The maximum Gasteiger partial charge on any atom is 0.203 e. The van der Waals surface area contributed by atoms with E-state index < -0.39 is 17.4 Å². The molecule has 1 heterocycles. The molecular formula is C20H26N2O5. The lowest BCUT2D eigenvalue weighted by atomic mass is 9.64. The molecule has 146 valence electrons. The number of carbonyl (C=O) groups is 1.